The van der Waals surface area contributed by atoms with Crippen LogP contribution >= 0.6 is 0 Å². The fourth-order valence-corrected chi connectivity index (χ4v) is 1.46. The Hall–Kier alpha value is -1.48. The van der Waals surface area contributed by atoms with E-state index >= 15 is 0 Å². The molecule has 0 aromatic heterocycles. The first-order valence-electron chi connectivity index (χ1n) is 6.74. The molecule has 0 aliphatic carbocycles. The van der Waals surface area contributed by atoms with Crippen LogP contribution < -0.4 is 0 Å². The Labute approximate surface area is 113 Å². The minimum atomic E-state index is 0.875. The zero-order valence-corrected chi connectivity index (χ0v) is 12.3. The van der Waals surface area contributed by atoms with Crippen molar-refractivity contribution in [3.05, 3.63) is 47.0 Å². The van der Waals surface area contributed by atoms with Crippen molar-refractivity contribution < 1.29 is 0 Å². The van der Waals surface area contributed by atoms with Crippen LogP contribution in [0.5, 0.6) is 0 Å². The molecule has 0 aliphatic rings. The summed E-state index contributed by atoms with van der Waals surface area (Å²) in [6.07, 6.45) is 13.7. The van der Waals surface area contributed by atoms with Crippen LogP contribution in [-0.2, 0) is 0 Å². The molecule has 0 aliphatic heterocycles. The molecular formula is C18H26. The van der Waals surface area contributed by atoms with Crippen LogP contribution in [0.1, 0.15) is 49.3 Å². The van der Waals surface area contributed by atoms with E-state index in [1.165, 1.54) is 29.5 Å². The van der Waals surface area contributed by atoms with Gasteiger partial charge in [-0.05, 0) is 44.7 Å². The Morgan fingerprint density at radius 1 is 1.06 bits per heavy atom. The first-order chi connectivity index (χ1) is 8.61. The smallest absolute Gasteiger partial charge is 0.0121 e. The number of allylic oxidation sites excluding steroid dienone is 2. The van der Waals surface area contributed by atoms with Gasteiger partial charge in [0, 0.05) is 6.42 Å². The lowest BCUT2D eigenvalue weighted by Crippen LogP contribution is -1.79. The minimum Gasteiger partial charge on any atom is -0.120 e. The monoisotopic (exact) mass is 242 g/mol. The van der Waals surface area contributed by atoms with Crippen molar-refractivity contribution in [2.24, 2.45) is 0 Å². The van der Waals surface area contributed by atoms with Gasteiger partial charge in [-0.25, -0.2) is 0 Å². The molecule has 0 saturated carbocycles. The van der Waals surface area contributed by atoms with Gasteiger partial charge in [-0.2, -0.15) is 0 Å². The van der Waals surface area contributed by atoms with E-state index in [-0.39, 0.29) is 0 Å². The van der Waals surface area contributed by atoms with Gasteiger partial charge in [-0.15, -0.1) is 12.3 Å². The summed E-state index contributed by atoms with van der Waals surface area (Å²) < 4.78 is 0. The van der Waals surface area contributed by atoms with Crippen molar-refractivity contribution in [2.45, 2.75) is 53.4 Å². The van der Waals surface area contributed by atoms with E-state index in [0.29, 0.717) is 0 Å². The number of hydrogen-bond acceptors (Lipinski definition) is 0. The highest BCUT2D eigenvalue weighted by molar-refractivity contribution is 5.28. The van der Waals surface area contributed by atoms with Gasteiger partial charge in [-0.1, -0.05) is 49.3 Å². The first kappa shape index (κ1) is 16.5. The number of benzene rings is 1. The van der Waals surface area contributed by atoms with Gasteiger partial charge >= 0.3 is 0 Å². The molecule has 1 rings (SSSR count). The van der Waals surface area contributed by atoms with Crippen LogP contribution in [0.15, 0.2) is 30.4 Å². The number of aryl methyl sites for hydroxylation is 3. The number of terminal acetylenes is 1. The fourth-order valence-electron chi connectivity index (χ4n) is 1.46. The van der Waals surface area contributed by atoms with E-state index < -0.39 is 0 Å². The highest BCUT2D eigenvalue weighted by atomic mass is 13.9. The molecule has 0 nitrogen and oxygen atoms in total. The third-order valence-electron chi connectivity index (χ3n) is 2.74. The predicted molar refractivity (Wildman–Crippen MR) is 82.8 cm³/mol. The Balaban J connectivity index is 0.000000321. The highest BCUT2D eigenvalue weighted by Crippen LogP contribution is 2.07. The second-order valence-electron chi connectivity index (χ2n) is 4.59. The minimum absolute atomic E-state index is 0.875. The molecule has 0 fully saturated rings. The quantitative estimate of drug-likeness (QED) is 0.378. The molecule has 0 saturated heterocycles. The second-order valence-corrected chi connectivity index (χ2v) is 4.59. The van der Waals surface area contributed by atoms with Gasteiger partial charge in [0.15, 0.2) is 0 Å². The van der Waals surface area contributed by atoms with Crippen molar-refractivity contribution in [1.82, 2.24) is 0 Å². The number of rotatable bonds is 4. The lowest BCUT2D eigenvalue weighted by Gasteiger charge is -1.98. The van der Waals surface area contributed by atoms with E-state index in [1.807, 2.05) is 0 Å². The lowest BCUT2D eigenvalue weighted by atomic mass is 10.1. The van der Waals surface area contributed by atoms with Gasteiger partial charge in [0.1, 0.15) is 0 Å². The molecule has 0 bridgehead atoms. The largest absolute Gasteiger partial charge is 0.120 e. The van der Waals surface area contributed by atoms with Crippen LogP contribution in [0.4, 0.5) is 0 Å². The second kappa shape index (κ2) is 10.7. The molecule has 0 unspecified atom stereocenters. The number of unbranched alkanes of at least 4 members (excludes halogenated alkanes) is 2. The summed E-state index contributed by atoms with van der Waals surface area (Å²) in [4.78, 5) is 0. The maximum atomic E-state index is 5.06. The van der Waals surface area contributed by atoms with Gasteiger partial charge < -0.3 is 0 Å². The van der Waals surface area contributed by atoms with Crippen LogP contribution in [0.25, 0.3) is 0 Å². The van der Waals surface area contributed by atoms with Gasteiger partial charge in [0.05, 0.1) is 0 Å². The zero-order chi connectivity index (χ0) is 13.8. The van der Waals surface area contributed by atoms with Crippen molar-refractivity contribution in [2.75, 3.05) is 0 Å². The summed E-state index contributed by atoms with van der Waals surface area (Å²) in [6.45, 7) is 8.56. The zero-order valence-electron chi connectivity index (χ0n) is 12.3. The van der Waals surface area contributed by atoms with Crippen LogP contribution in [0.2, 0.25) is 0 Å². The van der Waals surface area contributed by atoms with E-state index in [1.54, 1.807) is 0 Å². The Kier molecular flexibility index (Phi) is 9.78. The fraction of sp³-hybridized carbons (Fsp3) is 0.444. The third kappa shape index (κ3) is 8.65. The molecule has 1 aromatic carbocycles. The highest BCUT2D eigenvalue weighted by Gasteiger charge is 1.89. The number of hydrogen-bond donors (Lipinski definition) is 0. The molecule has 0 atom stereocenters. The maximum absolute atomic E-state index is 5.06. The van der Waals surface area contributed by atoms with E-state index in [0.717, 1.165) is 12.8 Å². The van der Waals surface area contributed by atoms with Crippen LogP contribution in [0.3, 0.4) is 0 Å². The lowest BCUT2D eigenvalue weighted by molar-refractivity contribution is 0.946. The average molecular weight is 242 g/mol. The van der Waals surface area contributed by atoms with E-state index in [9.17, 15) is 0 Å². The van der Waals surface area contributed by atoms with Crippen molar-refractivity contribution in [3.63, 3.8) is 0 Å². The maximum Gasteiger partial charge on any atom is 0.0121 e. The van der Waals surface area contributed by atoms with Crippen LogP contribution in [-0.4, -0.2) is 0 Å². The summed E-state index contributed by atoms with van der Waals surface area (Å²) in [5.41, 5.74) is 4.11. The SMILES string of the molecule is C#CCC/C=C\CCC.Cc1ccc(C)c(C)c1. The van der Waals surface area contributed by atoms with E-state index in [2.05, 4.69) is 64.0 Å². The summed E-state index contributed by atoms with van der Waals surface area (Å²) in [5, 5.41) is 0. The molecule has 1 aromatic rings. The average Bonchev–Trinajstić information content (AvgIpc) is 2.35. The molecule has 0 radical (unpaired) electrons. The molecule has 0 heteroatoms. The predicted octanol–water partition coefficient (Wildman–Crippen LogP) is 5.37. The standard InChI is InChI=1S/C9H12.C9H14/c1-7-4-5-8(2)9(3)6-7;1-3-5-7-9-8-6-4-2/h4-6H,1-3H3;1,8-9H,4-7H2,2H3/b;9-8-. The third-order valence-corrected chi connectivity index (χ3v) is 2.74. The normalized spacial score (nSPS) is 9.72. The van der Waals surface area contributed by atoms with Crippen LogP contribution in [0, 0.1) is 33.1 Å². The van der Waals surface area contributed by atoms with Gasteiger partial charge in [0.2, 0.25) is 0 Å². The van der Waals surface area contributed by atoms with Crippen molar-refractivity contribution >= 4 is 0 Å². The molecule has 98 valence electrons. The molecule has 0 amide bonds. The first-order valence-corrected chi connectivity index (χ1v) is 6.74. The summed E-state index contributed by atoms with van der Waals surface area (Å²) >= 11 is 0. The Morgan fingerprint density at radius 2 is 1.72 bits per heavy atom. The molecule has 18 heavy (non-hydrogen) atoms. The molecule has 0 N–H and O–H groups in total. The Bertz CT molecular complexity index is 391. The summed E-state index contributed by atoms with van der Waals surface area (Å²) in [7, 11) is 0. The van der Waals surface area contributed by atoms with Gasteiger partial charge in [-0.3, -0.25) is 0 Å². The van der Waals surface area contributed by atoms with Crippen molar-refractivity contribution in [1.29, 1.82) is 0 Å². The summed E-state index contributed by atoms with van der Waals surface area (Å²) in [5.74, 6) is 2.59. The molecule has 0 spiro atoms. The Morgan fingerprint density at radius 3 is 2.22 bits per heavy atom. The topological polar surface area (TPSA) is 0 Å². The van der Waals surface area contributed by atoms with E-state index in [4.69, 9.17) is 6.42 Å². The van der Waals surface area contributed by atoms with Gasteiger partial charge in [0.25, 0.3) is 0 Å². The molecular weight excluding hydrogens is 216 g/mol. The summed E-state index contributed by atoms with van der Waals surface area (Å²) in [6, 6.07) is 6.50. The molecule has 0 heterocycles. The van der Waals surface area contributed by atoms with Crippen molar-refractivity contribution in [3.8, 4) is 12.3 Å².